The van der Waals surface area contributed by atoms with Crippen LogP contribution in [-0.2, 0) is 49.6 Å². The topological polar surface area (TPSA) is 382 Å². The zero-order chi connectivity index (χ0) is 58.4. The molecule has 1 aliphatic heterocycles. The number of aliphatic hydroxyl groups excluding tert-OH is 2. The summed E-state index contributed by atoms with van der Waals surface area (Å²) in [4.78, 5) is 127. The first-order chi connectivity index (χ1) is 37.7. The van der Waals surface area contributed by atoms with Crippen LogP contribution in [0.5, 0.6) is 0 Å². The number of carbonyl (C=O) groups excluding carboxylic acids is 9. The number of Topliss-reactive ketones (excluding diaryl/α,β-unsaturated/α-hetero) is 2. The summed E-state index contributed by atoms with van der Waals surface area (Å²) in [6.45, 7) is 6.44. The Morgan fingerprint density at radius 1 is 0.608 bits per heavy atom. The molecule has 0 radical (unpaired) electrons. The smallest absolute Gasteiger partial charge is 0.243 e. The Bertz CT molecular complexity index is 2250. The number of aliphatic hydroxyl groups is 2. The number of carbonyl (C=O) groups is 9. The number of hydrogen-bond acceptors (Lipinski definition) is 15. The van der Waals surface area contributed by atoms with E-state index in [2.05, 4.69) is 44.1 Å². The largest absolute Gasteiger partial charge is 0.393 e. The van der Waals surface area contributed by atoms with Crippen molar-refractivity contribution in [2.45, 2.75) is 179 Å². The van der Waals surface area contributed by atoms with E-state index in [0.717, 1.165) is 43.2 Å². The van der Waals surface area contributed by atoms with Crippen LogP contribution in [0.2, 0.25) is 0 Å². The summed E-state index contributed by atoms with van der Waals surface area (Å²) in [5.74, 6) is -9.22. The van der Waals surface area contributed by atoms with Crippen molar-refractivity contribution < 1.29 is 53.4 Å². The predicted octanol–water partition coefficient (Wildman–Crippen LogP) is 0.409. The van der Waals surface area contributed by atoms with Crippen LogP contribution in [0.15, 0.2) is 54.6 Å². The molecule has 0 bridgehead atoms. The first-order valence-electron chi connectivity index (χ1n) is 28.2. The van der Waals surface area contributed by atoms with E-state index in [1.165, 1.54) is 6.92 Å². The summed E-state index contributed by atoms with van der Waals surface area (Å²) in [7, 11) is 0. The third-order valence-corrected chi connectivity index (χ3v) is 14.0. The number of ketones is 2. The van der Waals surface area contributed by atoms with Gasteiger partial charge in [0.05, 0.1) is 24.2 Å². The highest BCUT2D eigenvalue weighted by Gasteiger charge is 2.36. The molecule has 0 unspecified atom stereocenters. The Balaban J connectivity index is 2.12. The quantitative estimate of drug-likeness (QED) is 0.0568. The summed E-state index contributed by atoms with van der Waals surface area (Å²) < 4.78 is 0. The van der Waals surface area contributed by atoms with Gasteiger partial charge in [-0.2, -0.15) is 0 Å². The molecule has 0 saturated carbocycles. The van der Waals surface area contributed by atoms with Crippen LogP contribution in [0, 0.1) is 17.8 Å². The van der Waals surface area contributed by atoms with Crippen molar-refractivity contribution in [2.75, 3.05) is 32.7 Å². The van der Waals surface area contributed by atoms with Crippen LogP contribution < -0.4 is 60.2 Å². The van der Waals surface area contributed by atoms with Crippen LogP contribution in [0.3, 0.4) is 0 Å². The van der Waals surface area contributed by atoms with Gasteiger partial charge in [0.15, 0.2) is 5.78 Å². The van der Waals surface area contributed by atoms with Crippen LogP contribution in [0.1, 0.15) is 130 Å². The van der Waals surface area contributed by atoms with Gasteiger partial charge in [0.1, 0.15) is 36.0 Å². The fraction of sp³-hybridized carbons (Fsp3) is 0.632. The molecule has 79 heavy (non-hydrogen) atoms. The third-order valence-electron chi connectivity index (χ3n) is 14.0. The Morgan fingerprint density at radius 2 is 1.14 bits per heavy atom. The van der Waals surface area contributed by atoms with E-state index >= 15 is 0 Å². The summed E-state index contributed by atoms with van der Waals surface area (Å²) >= 11 is 0. The van der Waals surface area contributed by atoms with Crippen LogP contribution in [0.4, 0.5) is 0 Å². The van der Waals surface area contributed by atoms with Crippen molar-refractivity contribution in [2.24, 2.45) is 40.7 Å². The monoisotopic (exact) mass is 1110 g/mol. The van der Waals surface area contributed by atoms with Gasteiger partial charge in [-0.3, -0.25) is 43.2 Å². The fourth-order valence-corrected chi connectivity index (χ4v) is 9.43. The van der Waals surface area contributed by atoms with Gasteiger partial charge < -0.3 is 70.4 Å². The molecule has 3 rings (SSSR count). The van der Waals surface area contributed by atoms with E-state index in [1.54, 1.807) is 12.1 Å². The molecule has 2 aromatic carbocycles. The minimum Gasteiger partial charge on any atom is -0.393 e. The zero-order valence-corrected chi connectivity index (χ0v) is 46.8. The number of nitrogens with one attached hydrogen (secondary N) is 7. The number of rotatable bonds is 26. The molecular formula is C57H91N11O11. The molecule has 22 nitrogen and oxygen atoms in total. The van der Waals surface area contributed by atoms with Gasteiger partial charge in [0.2, 0.25) is 41.4 Å². The summed E-state index contributed by atoms with van der Waals surface area (Å²) in [5.41, 5.74) is 26.2. The molecule has 7 amide bonds. The van der Waals surface area contributed by atoms with Gasteiger partial charge in [-0.25, -0.2) is 0 Å². The van der Waals surface area contributed by atoms with Crippen molar-refractivity contribution >= 4 is 52.9 Å². The van der Waals surface area contributed by atoms with E-state index in [9.17, 15) is 53.4 Å². The van der Waals surface area contributed by atoms with Gasteiger partial charge >= 0.3 is 0 Å². The molecule has 17 N–H and O–H groups in total. The standard InChI is InChI=1S/C57H91N11O11/c1-5-6-7-8-12-15-41(70)33-42(71)32-40(20-25-58)51(73)64-47-24-29-62-52(74)43(36(4)69)34-50(72)44(21-26-59)63-53(75)45(22-27-60)66-56(78)48(30-35(2)3)67-57(79)49(68-54(76)46(23-28-61)65-55(47)77)31-37-16-18-39(19-17-37)38-13-10-9-11-14-38/h9-11,13-14,16-19,35-36,40-41,43-49,69-70H,5-8,12,15,20-34,58-61H2,1-4H3,(H,62,74)(H,63,75)(H,64,73)(H,65,77)(H,66,78)(H,67,79)(H,68,76)/t36-,40+,41-,43+,44+,45+,46+,47+,48+,49-/m1/s1. The van der Waals surface area contributed by atoms with Gasteiger partial charge in [-0.15, -0.1) is 0 Å². The van der Waals surface area contributed by atoms with Crippen molar-refractivity contribution in [1.29, 1.82) is 0 Å². The highest BCUT2D eigenvalue weighted by Crippen LogP contribution is 2.21. The van der Waals surface area contributed by atoms with Crippen molar-refractivity contribution in [3.63, 3.8) is 0 Å². The summed E-state index contributed by atoms with van der Waals surface area (Å²) in [6, 6.07) is 8.79. The predicted molar refractivity (Wildman–Crippen MR) is 301 cm³/mol. The molecular weight excluding hydrogens is 1010 g/mol. The van der Waals surface area contributed by atoms with Crippen molar-refractivity contribution in [3.8, 4) is 11.1 Å². The van der Waals surface area contributed by atoms with Crippen LogP contribution in [0.25, 0.3) is 11.1 Å². The Kier molecular flexibility index (Phi) is 30.7. The molecule has 1 heterocycles. The first-order valence-corrected chi connectivity index (χ1v) is 28.2. The second-order valence-corrected chi connectivity index (χ2v) is 21.2. The van der Waals surface area contributed by atoms with Gasteiger partial charge in [0.25, 0.3) is 0 Å². The highest BCUT2D eigenvalue weighted by atomic mass is 16.3. The first kappa shape index (κ1) is 67.1. The average molecular weight is 1110 g/mol. The SMILES string of the molecule is CCCCCCC[C@@H](O)CC(=O)C[C@H](CCN)C(=O)N[C@H]1CCNC(=O)[C@H]([C@@H](C)O)CC(=O)[C@H](CCN)NC(=O)[C@H](CCN)NC(=O)[C@H](CC(C)C)NC(=O)[C@@H](Cc2ccc(-c3ccccc3)cc2)NC(=O)[C@H](CCN)NC1=O. The molecule has 1 aliphatic rings. The lowest BCUT2D eigenvalue weighted by molar-refractivity contribution is -0.136. The minimum atomic E-state index is -1.48. The Morgan fingerprint density at radius 3 is 1.72 bits per heavy atom. The molecule has 0 aliphatic carbocycles. The lowest BCUT2D eigenvalue weighted by Gasteiger charge is -2.28. The lowest BCUT2D eigenvalue weighted by Crippen LogP contribution is -2.60. The fourth-order valence-electron chi connectivity index (χ4n) is 9.43. The van der Waals surface area contributed by atoms with Crippen LogP contribution >= 0.6 is 0 Å². The molecule has 1 fully saturated rings. The van der Waals surface area contributed by atoms with E-state index in [-0.39, 0.29) is 102 Å². The minimum absolute atomic E-state index is 0.00459. The highest BCUT2D eigenvalue weighted by molar-refractivity contribution is 5.98. The second kappa shape index (κ2) is 36.2. The number of benzene rings is 2. The normalized spacial score (nSPS) is 22.8. The average Bonchev–Trinajstić information content (AvgIpc) is 3.41. The molecule has 0 spiro atoms. The molecule has 440 valence electrons. The maximum atomic E-state index is 14.6. The zero-order valence-electron chi connectivity index (χ0n) is 46.8. The van der Waals surface area contributed by atoms with Gasteiger partial charge in [-0.05, 0) is 101 Å². The lowest BCUT2D eigenvalue weighted by atomic mass is 9.92. The number of unbranched alkanes of at least 4 members (excludes halogenated alkanes) is 4. The van der Waals surface area contributed by atoms with E-state index < -0.39 is 114 Å². The molecule has 10 atom stereocenters. The van der Waals surface area contributed by atoms with E-state index in [4.69, 9.17) is 22.9 Å². The molecule has 1 saturated heterocycles. The van der Waals surface area contributed by atoms with E-state index in [0.29, 0.717) is 12.0 Å². The Labute approximate surface area is 465 Å². The summed E-state index contributed by atoms with van der Waals surface area (Å²) in [6.07, 6.45) is 1.28. The van der Waals surface area contributed by atoms with Crippen LogP contribution in [-0.4, -0.2) is 144 Å². The number of nitrogens with two attached hydrogens (primary N) is 4. The van der Waals surface area contributed by atoms with Gasteiger partial charge in [-0.1, -0.05) is 107 Å². The number of amides is 7. The molecule has 0 aromatic heterocycles. The second-order valence-electron chi connectivity index (χ2n) is 21.2. The van der Waals surface area contributed by atoms with Crippen molar-refractivity contribution in [1.82, 2.24) is 37.2 Å². The molecule has 2 aromatic rings. The van der Waals surface area contributed by atoms with Gasteiger partial charge in [0, 0.05) is 38.1 Å². The Hall–Kier alpha value is -6.17. The van der Waals surface area contributed by atoms with E-state index in [1.807, 2.05) is 56.3 Å². The molecule has 22 heteroatoms. The summed E-state index contributed by atoms with van der Waals surface area (Å²) in [5, 5.41) is 40.3. The van der Waals surface area contributed by atoms with Crippen molar-refractivity contribution in [3.05, 3.63) is 60.2 Å². The third kappa shape index (κ3) is 24.0. The maximum Gasteiger partial charge on any atom is 0.243 e. The maximum absolute atomic E-state index is 14.6. The number of hydrogen-bond donors (Lipinski definition) is 13.